The summed E-state index contributed by atoms with van der Waals surface area (Å²) >= 11 is 0. The van der Waals surface area contributed by atoms with Crippen molar-refractivity contribution < 1.29 is 22.7 Å². The molecule has 1 N–H and O–H groups in total. The van der Waals surface area contributed by atoms with Crippen molar-refractivity contribution in [2.24, 2.45) is 0 Å². The predicted octanol–water partition coefficient (Wildman–Crippen LogP) is 0.845. The second-order valence-corrected chi connectivity index (χ2v) is 6.40. The maximum absolute atomic E-state index is 11.7. The summed E-state index contributed by atoms with van der Waals surface area (Å²) < 4.78 is 27.0. The summed E-state index contributed by atoms with van der Waals surface area (Å²) in [6.07, 6.45) is 0.998. The summed E-state index contributed by atoms with van der Waals surface area (Å²) in [5.74, 6) is -1.10. The number of hydrogen-bond donors (Lipinski definition) is 1. The minimum Gasteiger partial charge on any atom is -0.465 e. The zero-order valence-electron chi connectivity index (χ0n) is 10.8. The summed E-state index contributed by atoms with van der Waals surface area (Å²) in [5.41, 5.74) is 0.754. The van der Waals surface area contributed by atoms with E-state index in [2.05, 4.69) is 10.1 Å². The molecule has 0 aliphatic rings. The van der Waals surface area contributed by atoms with Crippen LogP contribution in [0.1, 0.15) is 17.3 Å². The lowest BCUT2D eigenvalue weighted by molar-refractivity contribution is -0.115. The number of carbonyl (C=O) groups excluding carboxylic acids is 2. The molecule has 1 atom stereocenters. The Hall–Kier alpha value is -1.89. The van der Waals surface area contributed by atoms with E-state index in [9.17, 15) is 18.0 Å². The largest absolute Gasteiger partial charge is 0.465 e. The SMILES string of the molecule is COC(=O)c1ccc(NC(=O)C(C)S(C)(=O)=O)cc1. The normalized spacial score (nSPS) is 12.6. The van der Waals surface area contributed by atoms with Gasteiger partial charge in [0.15, 0.2) is 9.84 Å². The Balaban J connectivity index is 2.79. The third-order valence-corrected chi connectivity index (χ3v) is 4.08. The molecule has 1 rings (SSSR count). The molecule has 6 nitrogen and oxygen atoms in total. The molecule has 1 amide bonds. The van der Waals surface area contributed by atoms with Crippen LogP contribution in [0.4, 0.5) is 5.69 Å². The van der Waals surface area contributed by atoms with E-state index in [1.807, 2.05) is 0 Å². The van der Waals surface area contributed by atoms with Gasteiger partial charge >= 0.3 is 5.97 Å². The molecule has 7 heteroatoms. The van der Waals surface area contributed by atoms with Crippen molar-refractivity contribution >= 4 is 27.4 Å². The summed E-state index contributed by atoms with van der Waals surface area (Å²) in [4.78, 5) is 22.8. The molecule has 0 radical (unpaired) electrons. The van der Waals surface area contributed by atoms with E-state index in [0.717, 1.165) is 6.26 Å². The van der Waals surface area contributed by atoms with Crippen molar-refractivity contribution in [3.8, 4) is 0 Å². The van der Waals surface area contributed by atoms with Crippen molar-refractivity contribution in [2.45, 2.75) is 12.2 Å². The van der Waals surface area contributed by atoms with Crippen LogP contribution in [0.15, 0.2) is 24.3 Å². The van der Waals surface area contributed by atoms with Gasteiger partial charge in [-0.2, -0.15) is 0 Å². The van der Waals surface area contributed by atoms with E-state index in [0.29, 0.717) is 11.3 Å². The summed E-state index contributed by atoms with van der Waals surface area (Å²) in [6.45, 7) is 1.31. The topological polar surface area (TPSA) is 89.5 Å². The highest BCUT2D eigenvalue weighted by Crippen LogP contribution is 2.12. The first-order valence-electron chi connectivity index (χ1n) is 5.44. The monoisotopic (exact) mass is 285 g/mol. The Morgan fingerprint density at radius 1 is 1.21 bits per heavy atom. The molecule has 0 saturated carbocycles. The fraction of sp³-hybridized carbons (Fsp3) is 0.333. The molecular formula is C12H15NO5S. The molecule has 1 unspecified atom stereocenters. The van der Waals surface area contributed by atoms with Gasteiger partial charge in [-0.1, -0.05) is 0 Å². The van der Waals surface area contributed by atoms with E-state index in [1.54, 1.807) is 0 Å². The standard InChI is InChI=1S/C12H15NO5S/c1-8(19(3,16)17)11(14)13-10-6-4-9(5-7-10)12(15)18-2/h4-8H,1-3H3,(H,13,14). The number of methoxy groups -OCH3 is 1. The number of anilines is 1. The van der Waals surface area contributed by atoms with Crippen molar-refractivity contribution in [1.29, 1.82) is 0 Å². The maximum Gasteiger partial charge on any atom is 0.337 e. The molecule has 0 heterocycles. The quantitative estimate of drug-likeness (QED) is 0.828. The first-order valence-corrected chi connectivity index (χ1v) is 7.39. The van der Waals surface area contributed by atoms with Crippen LogP contribution in [-0.2, 0) is 19.4 Å². The van der Waals surface area contributed by atoms with Gasteiger partial charge < -0.3 is 10.1 Å². The lowest BCUT2D eigenvalue weighted by Crippen LogP contribution is -2.31. The molecule has 0 bridgehead atoms. The lowest BCUT2D eigenvalue weighted by atomic mass is 10.2. The number of rotatable bonds is 4. The van der Waals surface area contributed by atoms with Crippen molar-refractivity contribution in [3.05, 3.63) is 29.8 Å². The molecule has 0 saturated heterocycles. The number of nitrogens with one attached hydrogen (secondary N) is 1. The molecule has 1 aromatic rings. The number of hydrogen-bond acceptors (Lipinski definition) is 5. The van der Waals surface area contributed by atoms with Gasteiger partial charge in [0, 0.05) is 11.9 Å². The molecule has 0 fully saturated rings. The predicted molar refractivity (Wildman–Crippen MR) is 70.7 cm³/mol. The number of sulfone groups is 1. The van der Waals surface area contributed by atoms with Crippen LogP contribution < -0.4 is 5.32 Å². The fourth-order valence-electron chi connectivity index (χ4n) is 1.25. The Kier molecular flexibility index (Phi) is 4.66. The second-order valence-electron chi connectivity index (χ2n) is 4.03. The average molecular weight is 285 g/mol. The summed E-state index contributed by atoms with van der Waals surface area (Å²) in [7, 11) is -2.16. The maximum atomic E-state index is 11.7. The van der Waals surface area contributed by atoms with Crippen molar-refractivity contribution in [3.63, 3.8) is 0 Å². The molecule has 0 spiro atoms. The fourth-order valence-corrected chi connectivity index (χ4v) is 1.69. The van der Waals surface area contributed by atoms with Gasteiger partial charge in [0.2, 0.25) is 5.91 Å². The van der Waals surface area contributed by atoms with Gasteiger partial charge in [-0.15, -0.1) is 0 Å². The van der Waals surface area contributed by atoms with E-state index in [1.165, 1.54) is 38.3 Å². The van der Waals surface area contributed by atoms with E-state index < -0.39 is 27.0 Å². The van der Waals surface area contributed by atoms with Crippen molar-refractivity contribution in [1.82, 2.24) is 0 Å². The van der Waals surface area contributed by atoms with Crippen LogP contribution >= 0.6 is 0 Å². The van der Waals surface area contributed by atoms with Gasteiger partial charge in [-0.3, -0.25) is 4.79 Å². The Bertz CT molecular complexity index is 577. The Labute approximate surface area is 111 Å². The first kappa shape index (κ1) is 15.2. The number of amides is 1. The minimum atomic E-state index is -3.43. The van der Waals surface area contributed by atoms with Crippen LogP contribution in [-0.4, -0.2) is 38.9 Å². The summed E-state index contributed by atoms with van der Waals surface area (Å²) in [6, 6.07) is 5.96. The molecule has 1 aromatic carbocycles. The second kappa shape index (κ2) is 5.83. The zero-order chi connectivity index (χ0) is 14.6. The number of esters is 1. The molecule has 0 aromatic heterocycles. The average Bonchev–Trinajstić information content (AvgIpc) is 2.36. The Morgan fingerprint density at radius 3 is 2.16 bits per heavy atom. The van der Waals surface area contributed by atoms with E-state index >= 15 is 0 Å². The molecule has 0 aliphatic carbocycles. The number of benzene rings is 1. The highest BCUT2D eigenvalue weighted by Gasteiger charge is 2.23. The van der Waals surface area contributed by atoms with Crippen LogP contribution in [0.3, 0.4) is 0 Å². The van der Waals surface area contributed by atoms with Gasteiger partial charge in [0.05, 0.1) is 12.7 Å². The summed E-state index contributed by atoms with van der Waals surface area (Å²) in [5, 5.41) is 1.33. The number of ether oxygens (including phenoxy) is 1. The lowest BCUT2D eigenvalue weighted by Gasteiger charge is -2.10. The smallest absolute Gasteiger partial charge is 0.337 e. The van der Waals surface area contributed by atoms with Gasteiger partial charge in [-0.25, -0.2) is 13.2 Å². The molecule has 104 valence electrons. The van der Waals surface area contributed by atoms with Crippen LogP contribution in [0, 0.1) is 0 Å². The number of carbonyl (C=O) groups is 2. The highest BCUT2D eigenvalue weighted by molar-refractivity contribution is 7.92. The van der Waals surface area contributed by atoms with E-state index in [4.69, 9.17) is 0 Å². The third-order valence-electron chi connectivity index (χ3n) is 2.58. The van der Waals surface area contributed by atoms with Crippen molar-refractivity contribution in [2.75, 3.05) is 18.7 Å². The highest BCUT2D eigenvalue weighted by atomic mass is 32.2. The van der Waals surface area contributed by atoms with Gasteiger partial charge in [-0.05, 0) is 31.2 Å². The van der Waals surface area contributed by atoms with Crippen LogP contribution in [0.25, 0.3) is 0 Å². The third kappa shape index (κ3) is 4.06. The zero-order valence-corrected chi connectivity index (χ0v) is 11.7. The molecule has 0 aliphatic heterocycles. The van der Waals surface area contributed by atoms with Crippen LogP contribution in [0.2, 0.25) is 0 Å². The van der Waals surface area contributed by atoms with Crippen LogP contribution in [0.5, 0.6) is 0 Å². The van der Waals surface area contributed by atoms with Gasteiger partial charge in [0.1, 0.15) is 5.25 Å². The minimum absolute atomic E-state index is 0.344. The Morgan fingerprint density at radius 2 is 1.74 bits per heavy atom. The van der Waals surface area contributed by atoms with E-state index in [-0.39, 0.29) is 0 Å². The molecular weight excluding hydrogens is 270 g/mol. The first-order chi connectivity index (χ1) is 8.75. The molecule has 19 heavy (non-hydrogen) atoms. The van der Waals surface area contributed by atoms with Gasteiger partial charge in [0.25, 0.3) is 0 Å².